The molecule has 0 saturated carbocycles. The summed E-state index contributed by atoms with van der Waals surface area (Å²) in [4.78, 5) is 6.96. The van der Waals surface area contributed by atoms with E-state index in [4.69, 9.17) is 14.7 Å². The number of aliphatic hydroxyl groups is 1. The normalized spacial score (nSPS) is 20.9. The lowest BCUT2D eigenvalue weighted by Crippen LogP contribution is -2.47. The first kappa shape index (κ1) is 21.8. The maximum atomic E-state index is 10.5. The smallest absolute Gasteiger partial charge is 0.127 e. The fourth-order valence-electron chi connectivity index (χ4n) is 3.96. The highest BCUT2D eigenvalue weighted by Crippen LogP contribution is 2.28. The second-order valence-electron chi connectivity index (χ2n) is 8.22. The first-order valence-electron chi connectivity index (χ1n) is 10.6. The maximum absolute atomic E-state index is 10.5. The molecular formula is C22H34N4O3. The van der Waals surface area contributed by atoms with Crippen molar-refractivity contribution in [1.82, 2.24) is 14.7 Å². The van der Waals surface area contributed by atoms with Crippen molar-refractivity contribution < 1.29 is 14.6 Å². The van der Waals surface area contributed by atoms with E-state index in [9.17, 15) is 5.11 Å². The van der Waals surface area contributed by atoms with Crippen molar-refractivity contribution in [2.75, 3.05) is 66.6 Å². The Balaban J connectivity index is 1.55. The third-order valence-electron chi connectivity index (χ3n) is 5.93. The minimum atomic E-state index is -0.524. The Morgan fingerprint density at radius 3 is 2.52 bits per heavy atom. The zero-order valence-corrected chi connectivity index (χ0v) is 17.7. The summed E-state index contributed by atoms with van der Waals surface area (Å²) in [6, 6.07) is 8.27. The van der Waals surface area contributed by atoms with Gasteiger partial charge in [0.15, 0.2) is 0 Å². The number of methoxy groups -OCH3 is 1. The molecule has 1 aromatic carbocycles. The molecule has 7 heteroatoms. The third kappa shape index (κ3) is 6.58. The molecule has 2 aliphatic rings. The van der Waals surface area contributed by atoms with Crippen molar-refractivity contribution in [2.24, 2.45) is 5.92 Å². The van der Waals surface area contributed by atoms with E-state index in [0.29, 0.717) is 6.54 Å². The van der Waals surface area contributed by atoms with Gasteiger partial charge in [-0.2, -0.15) is 5.26 Å². The summed E-state index contributed by atoms with van der Waals surface area (Å²) in [5.74, 6) is 1.70. The van der Waals surface area contributed by atoms with Crippen LogP contribution in [0.25, 0.3) is 0 Å². The Labute approximate surface area is 174 Å². The van der Waals surface area contributed by atoms with Crippen LogP contribution in [-0.2, 0) is 6.54 Å². The van der Waals surface area contributed by atoms with E-state index in [0.717, 1.165) is 75.7 Å². The average molecular weight is 403 g/mol. The molecule has 3 rings (SSSR count). The molecular weight excluding hydrogens is 368 g/mol. The Bertz CT molecular complexity index is 677. The minimum absolute atomic E-state index is 0.183. The van der Waals surface area contributed by atoms with Gasteiger partial charge in [0.25, 0.3) is 0 Å². The van der Waals surface area contributed by atoms with Gasteiger partial charge in [-0.05, 0) is 39.0 Å². The van der Waals surface area contributed by atoms with E-state index in [1.807, 2.05) is 18.2 Å². The summed E-state index contributed by atoms with van der Waals surface area (Å²) in [6.45, 7) is 7.58. The van der Waals surface area contributed by atoms with E-state index >= 15 is 0 Å². The predicted octanol–water partition coefficient (Wildman–Crippen LogP) is 1.42. The molecule has 0 unspecified atom stereocenters. The number of ether oxygens (including phenoxy) is 2. The highest BCUT2D eigenvalue weighted by atomic mass is 16.5. The lowest BCUT2D eigenvalue weighted by molar-refractivity contribution is 0.0499. The largest absolute Gasteiger partial charge is 0.497 e. The van der Waals surface area contributed by atoms with Crippen LogP contribution >= 0.6 is 0 Å². The van der Waals surface area contributed by atoms with Gasteiger partial charge in [0.1, 0.15) is 24.2 Å². The number of likely N-dealkylation sites (N-methyl/N-ethyl adjacent to an activating group) is 1. The number of piperazine rings is 1. The molecule has 0 spiro atoms. The summed E-state index contributed by atoms with van der Waals surface area (Å²) in [7, 11) is 3.78. The molecule has 7 nitrogen and oxygen atoms in total. The Morgan fingerprint density at radius 2 is 1.86 bits per heavy atom. The van der Waals surface area contributed by atoms with Gasteiger partial charge in [-0.1, -0.05) is 6.07 Å². The number of hydrogen-bond acceptors (Lipinski definition) is 7. The van der Waals surface area contributed by atoms with Crippen LogP contribution in [0.3, 0.4) is 0 Å². The molecule has 2 heterocycles. The van der Waals surface area contributed by atoms with E-state index in [1.54, 1.807) is 7.11 Å². The Kier molecular flexibility index (Phi) is 8.13. The van der Waals surface area contributed by atoms with E-state index in [2.05, 4.69) is 27.8 Å². The number of aliphatic hydroxyl groups excluding tert-OH is 1. The fourth-order valence-corrected chi connectivity index (χ4v) is 3.96. The fraction of sp³-hybridized carbons (Fsp3) is 0.682. The lowest BCUT2D eigenvalue weighted by atomic mass is 9.98. The SMILES string of the molecule is COc1ccc(CN2CCC(C#N)CC2)c(OC[C@@H](O)CN2CCN(C)CC2)c1. The molecule has 0 aliphatic carbocycles. The topological polar surface area (TPSA) is 72.2 Å². The van der Waals surface area contributed by atoms with Crippen LogP contribution in [0.5, 0.6) is 11.5 Å². The second kappa shape index (κ2) is 10.8. The van der Waals surface area contributed by atoms with Crippen molar-refractivity contribution in [1.29, 1.82) is 5.26 Å². The highest BCUT2D eigenvalue weighted by molar-refractivity contribution is 5.40. The van der Waals surface area contributed by atoms with E-state index < -0.39 is 6.10 Å². The minimum Gasteiger partial charge on any atom is -0.497 e. The monoisotopic (exact) mass is 402 g/mol. The number of likely N-dealkylation sites (tertiary alicyclic amines) is 1. The summed E-state index contributed by atoms with van der Waals surface area (Å²) in [6.07, 6.45) is 1.32. The standard InChI is InChI=1S/C22H34N4O3/c1-24-9-11-26(12-10-24)16-20(27)17-29-22-13-21(28-2)4-3-19(22)15-25-7-5-18(14-23)6-8-25/h3-4,13,18,20,27H,5-12,15-17H2,1-2H3/t20-/m0/s1. The van der Waals surface area contributed by atoms with Gasteiger partial charge in [-0.15, -0.1) is 0 Å². The summed E-state index contributed by atoms with van der Waals surface area (Å²) in [5, 5.41) is 19.6. The summed E-state index contributed by atoms with van der Waals surface area (Å²) >= 11 is 0. The zero-order valence-electron chi connectivity index (χ0n) is 17.7. The van der Waals surface area contributed by atoms with Crippen molar-refractivity contribution >= 4 is 0 Å². The van der Waals surface area contributed by atoms with Gasteiger partial charge in [-0.25, -0.2) is 0 Å². The van der Waals surface area contributed by atoms with Gasteiger partial charge in [0.2, 0.25) is 0 Å². The first-order chi connectivity index (χ1) is 14.1. The quantitative estimate of drug-likeness (QED) is 0.705. The highest BCUT2D eigenvalue weighted by Gasteiger charge is 2.21. The van der Waals surface area contributed by atoms with Crippen molar-refractivity contribution in [3.05, 3.63) is 23.8 Å². The van der Waals surface area contributed by atoms with Crippen LogP contribution in [-0.4, -0.2) is 92.5 Å². The molecule has 0 radical (unpaired) electrons. The number of hydrogen-bond donors (Lipinski definition) is 1. The molecule has 160 valence electrons. The van der Waals surface area contributed by atoms with Crippen LogP contribution in [0, 0.1) is 17.2 Å². The van der Waals surface area contributed by atoms with Gasteiger partial charge >= 0.3 is 0 Å². The molecule has 0 bridgehead atoms. The van der Waals surface area contributed by atoms with Crippen LogP contribution in [0.4, 0.5) is 0 Å². The first-order valence-corrected chi connectivity index (χ1v) is 10.6. The van der Waals surface area contributed by atoms with E-state index in [-0.39, 0.29) is 12.5 Å². The maximum Gasteiger partial charge on any atom is 0.127 e. The molecule has 1 aromatic rings. The zero-order chi connectivity index (χ0) is 20.6. The molecule has 2 fully saturated rings. The lowest BCUT2D eigenvalue weighted by Gasteiger charge is -2.33. The van der Waals surface area contributed by atoms with Gasteiger partial charge in [0.05, 0.1) is 13.2 Å². The number of benzene rings is 1. The van der Waals surface area contributed by atoms with Gasteiger partial charge < -0.3 is 19.5 Å². The third-order valence-corrected chi connectivity index (χ3v) is 5.93. The molecule has 2 aliphatic heterocycles. The molecule has 1 atom stereocenters. The van der Waals surface area contributed by atoms with Gasteiger partial charge in [-0.3, -0.25) is 9.80 Å². The second-order valence-corrected chi connectivity index (χ2v) is 8.22. The van der Waals surface area contributed by atoms with Crippen molar-refractivity contribution in [2.45, 2.75) is 25.5 Å². The molecule has 0 amide bonds. The van der Waals surface area contributed by atoms with Crippen LogP contribution in [0.1, 0.15) is 18.4 Å². The average Bonchev–Trinajstić information content (AvgIpc) is 2.75. The van der Waals surface area contributed by atoms with Crippen LogP contribution in [0.2, 0.25) is 0 Å². The molecule has 0 aromatic heterocycles. The Hall–Kier alpha value is -1.85. The summed E-state index contributed by atoms with van der Waals surface area (Å²) < 4.78 is 11.4. The predicted molar refractivity (Wildman–Crippen MR) is 112 cm³/mol. The van der Waals surface area contributed by atoms with Crippen LogP contribution < -0.4 is 9.47 Å². The number of piperidine rings is 1. The molecule has 1 N–H and O–H groups in total. The number of nitriles is 1. The summed E-state index contributed by atoms with van der Waals surface area (Å²) in [5.41, 5.74) is 1.09. The molecule has 29 heavy (non-hydrogen) atoms. The number of nitrogens with zero attached hydrogens (tertiary/aromatic N) is 4. The Morgan fingerprint density at radius 1 is 1.14 bits per heavy atom. The van der Waals surface area contributed by atoms with Crippen molar-refractivity contribution in [3.8, 4) is 17.6 Å². The van der Waals surface area contributed by atoms with E-state index in [1.165, 1.54) is 0 Å². The van der Waals surface area contributed by atoms with Gasteiger partial charge in [0, 0.05) is 56.8 Å². The van der Waals surface area contributed by atoms with Crippen LogP contribution in [0.15, 0.2) is 18.2 Å². The van der Waals surface area contributed by atoms with Crippen molar-refractivity contribution in [3.63, 3.8) is 0 Å². The number of β-amino-alcohol motifs (C(OH)–C–C–N with tert-alkyl or cyclic N) is 1. The molecule has 2 saturated heterocycles. The number of rotatable bonds is 8.